The highest BCUT2D eigenvalue weighted by Gasteiger charge is 2.29. The van der Waals surface area contributed by atoms with Gasteiger partial charge in [-0.15, -0.1) is 0 Å². The molecule has 0 saturated heterocycles. The van der Waals surface area contributed by atoms with E-state index in [1.54, 1.807) is 29.4 Å². The molecule has 1 N–H and O–H groups in total. The molecular weight excluding hydrogens is 386 g/mol. The first kappa shape index (κ1) is 20.6. The molecule has 3 aromatic rings. The van der Waals surface area contributed by atoms with Crippen molar-refractivity contribution in [3.63, 3.8) is 0 Å². The molecule has 1 aromatic heterocycles. The highest BCUT2D eigenvalue weighted by Crippen LogP contribution is 2.24. The third-order valence-electron chi connectivity index (χ3n) is 4.54. The van der Waals surface area contributed by atoms with Crippen LogP contribution in [-0.2, 0) is 22.7 Å². The fourth-order valence-electron chi connectivity index (χ4n) is 3.07. The van der Waals surface area contributed by atoms with E-state index in [2.05, 4.69) is 10.3 Å². The van der Waals surface area contributed by atoms with Gasteiger partial charge in [0.05, 0.1) is 0 Å². The largest absolute Gasteiger partial charge is 0.350 e. The molecule has 3 rings (SSSR count). The van der Waals surface area contributed by atoms with Gasteiger partial charge in [-0.3, -0.25) is 14.6 Å². The van der Waals surface area contributed by atoms with Crippen molar-refractivity contribution >= 4 is 23.4 Å². The average molecular weight is 408 g/mol. The summed E-state index contributed by atoms with van der Waals surface area (Å²) in [5, 5.41) is 3.56. The molecule has 0 saturated carbocycles. The lowest BCUT2D eigenvalue weighted by molar-refractivity contribution is -0.140. The molecule has 0 aliphatic rings. The number of aromatic nitrogens is 1. The molecule has 0 aliphatic carbocycles. The lowest BCUT2D eigenvalue weighted by Crippen LogP contribution is -2.42. The van der Waals surface area contributed by atoms with Gasteiger partial charge in [0.1, 0.15) is 6.04 Å². The summed E-state index contributed by atoms with van der Waals surface area (Å²) >= 11 is 5.97. The maximum Gasteiger partial charge on any atom is 0.247 e. The van der Waals surface area contributed by atoms with Gasteiger partial charge in [-0.25, -0.2) is 0 Å². The Balaban J connectivity index is 1.86. The molecule has 6 heteroatoms. The highest BCUT2D eigenvalue weighted by molar-refractivity contribution is 6.30. The molecule has 29 heavy (non-hydrogen) atoms. The lowest BCUT2D eigenvalue weighted by Gasteiger charge is -2.30. The fourth-order valence-corrected chi connectivity index (χ4v) is 3.19. The Morgan fingerprint density at radius 1 is 1.00 bits per heavy atom. The van der Waals surface area contributed by atoms with Crippen LogP contribution in [0.25, 0.3) is 0 Å². The SMILES string of the molecule is CC(=O)N(Cc1ccc(Cl)cc1)C(C(=O)NCc1cccnc1)c1ccccc1. The normalized spacial score (nSPS) is 11.5. The van der Waals surface area contributed by atoms with Crippen molar-refractivity contribution in [1.82, 2.24) is 15.2 Å². The van der Waals surface area contributed by atoms with Gasteiger partial charge < -0.3 is 10.2 Å². The average Bonchev–Trinajstić information content (AvgIpc) is 2.74. The second-order valence-electron chi connectivity index (χ2n) is 6.67. The highest BCUT2D eigenvalue weighted by atomic mass is 35.5. The van der Waals surface area contributed by atoms with Gasteiger partial charge in [-0.2, -0.15) is 0 Å². The number of benzene rings is 2. The van der Waals surface area contributed by atoms with Crippen LogP contribution in [0.4, 0.5) is 0 Å². The summed E-state index contributed by atoms with van der Waals surface area (Å²) in [6.45, 7) is 2.11. The van der Waals surface area contributed by atoms with Gasteiger partial charge in [0.2, 0.25) is 11.8 Å². The lowest BCUT2D eigenvalue weighted by atomic mass is 10.0. The first-order chi connectivity index (χ1) is 14.0. The van der Waals surface area contributed by atoms with E-state index in [-0.39, 0.29) is 11.8 Å². The zero-order valence-corrected chi connectivity index (χ0v) is 16.8. The van der Waals surface area contributed by atoms with Crippen LogP contribution in [0.5, 0.6) is 0 Å². The fraction of sp³-hybridized carbons (Fsp3) is 0.174. The van der Waals surface area contributed by atoms with Crippen LogP contribution in [-0.4, -0.2) is 21.7 Å². The van der Waals surface area contributed by atoms with E-state index in [1.165, 1.54) is 6.92 Å². The number of carbonyl (C=O) groups is 2. The van der Waals surface area contributed by atoms with Crippen molar-refractivity contribution in [3.05, 3.63) is 101 Å². The predicted molar refractivity (Wildman–Crippen MR) is 113 cm³/mol. The van der Waals surface area contributed by atoms with Gasteiger partial charge in [0, 0.05) is 37.4 Å². The maximum absolute atomic E-state index is 13.2. The van der Waals surface area contributed by atoms with Gasteiger partial charge in [0.15, 0.2) is 0 Å². The van der Waals surface area contributed by atoms with Crippen LogP contribution in [0.15, 0.2) is 79.1 Å². The van der Waals surface area contributed by atoms with Crippen molar-refractivity contribution in [2.75, 3.05) is 0 Å². The molecule has 5 nitrogen and oxygen atoms in total. The molecule has 0 radical (unpaired) electrons. The third kappa shape index (κ3) is 5.65. The Hall–Kier alpha value is -3.18. The van der Waals surface area contributed by atoms with Gasteiger partial charge >= 0.3 is 0 Å². The van der Waals surface area contributed by atoms with E-state index in [4.69, 9.17) is 11.6 Å². The molecule has 0 aliphatic heterocycles. The summed E-state index contributed by atoms with van der Waals surface area (Å²) in [6, 6.07) is 19.5. The summed E-state index contributed by atoms with van der Waals surface area (Å²) in [5.41, 5.74) is 2.53. The van der Waals surface area contributed by atoms with Crippen LogP contribution in [0.1, 0.15) is 29.7 Å². The van der Waals surface area contributed by atoms with Gasteiger partial charge in [0.25, 0.3) is 0 Å². The maximum atomic E-state index is 13.2. The Labute approximate surface area is 175 Å². The van der Waals surface area contributed by atoms with Crippen molar-refractivity contribution < 1.29 is 9.59 Å². The quantitative estimate of drug-likeness (QED) is 0.640. The molecule has 2 amide bonds. The van der Waals surface area contributed by atoms with Gasteiger partial charge in [-0.1, -0.05) is 60.1 Å². The topological polar surface area (TPSA) is 62.3 Å². The zero-order chi connectivity index (χ0) is 20.6. The molecule has 148 valence electrons. The molecule has 0 fully saturated rings. The molecule has 2 aromatic carbocycles. The van der Waals surface area contributed by atoms with Crippen molar-refractivity contribution in [3.8, 4) is 0 Å². The Morgan fingerprint density at radius 3 is 2.34 bits per heavy atom. The molecule has 0 spiro atoms. The molecule has 1 unspecified atom stereocenters. The van der Waals surface area contributed by atoms with E-state index >= 15 is 0 Å². The van der Waals surface area contributed by atoms with Crippen molar-refractivity contribution in [2.45, 2.75) is 26.1 Å². The molecular formula is C23H22ClN3O2. The Morgan fingerprint density at radius 2 is 1.72 bits per heavy atom. The van der Waals surface area contributed by atoms with E-state index in [9.17, 15) is 9.59 Å². The number of halogens is 1. The summed E-state index contributed by atoms with van der Waals surface area (Å²) in [6.07, 6.45) is 3.38. The number of pyridine rings is 1. The van der Waals surface area contributed by atoms with Crippen LogP contribution in [0.3, 0.4) is 0 Å². The van der Waals surface area contributed by atoms with Crippen LogP contribution in [0, 0.1) is 0 Å². The number of rotatable bonds is 7. The minimum atomic E-state index is -0.749. The second-order valence-corrected chi connectivity index (χ2v) is 7.10. The summed E-state index contributed by atoms with van der Waals surface area (Å²) < 4.78 is 0. The van der Waals surface area contributed by atoms with E-state index in [0.717, 1.165) is 16.7 Å². The van der Waals surface area contributed by atoms with Crippen molar-refractivity contribution in [1.29, 1.82) is 0 Å². The number of carbonyl (C=O) groups excluding carboxylic acids is 2. The first-order valence-corrected chi connectivity index (χ1v) is 9.65. The minimum Gasteiger partial charge on any atom is -0.350 e. The summed E-state index contributed by atoms with van der Waals surface area (Å²) in [4.78, 5) is 31.3. The first-order valence-electron chi connectivity index (χ1n) is 9.28. The number of nitrogens with one attached hydrogen (secondary N) is 1. The Bertz CT molecular complexity index is 947. The zero-order valence-electron chi connectivity index (χ0n) is 16.1. The monoisotopic (exact) mass is 407 g/mol. The van der Waals surface area contributed by atoms with E-state index in [0.29, 0.717) is 18.1 Å². The Kier molecular flexibility index (Phi) is 6.98. The standard InChI is InChI=1S/C23H22ClN3O2/c1-17(28)27(16-18-9-11-21(24)12-10-18)22(20-7-3-2-4-8-20)23(29)26-15-19-6-5-13-25-14-19/h2-14,22H,15-16H2,1H3,(H,26,29). The number of hydrogen-bond acceptors (Lipinski definition) is 3. The van der Waals surface area contributed by atoms with Crippen LogP contribution < -0.4 is 5.32 Å². The third-order valence-corrected chi connectivity index (χ3v) is 4.79. The van der Waals surface area contributed by atoms with E-state index in [1.807, 2.05) is 54.6 Å². The van der Waals surface area contributed by atoms with E-state index < -0.39 is 6.04 Å². The molecule has 0 bridgehead atoms. The number of amides is 2. The summed E-state index contributed by atoms with van der Waals surface area (Å²) in [7, 11) is 0. The smallest absolute Gasteiger partial charge is 0.247 e. The van der Waals surface area contributed by atoms with Gasteiger partial charge in [-0.05, 0) is 34.9 Å². The predicted octanol–water partition coefficient (Wildman–Crippen LogP) is 4.14. The van der Waals surface area contributed by atoms with Crippen LogP contribution >= 0.6 is 11.6 Å². The van der Waals surface area contributed by atoms with Crippen LogP contribution in [0.2, 0.25) is 5.02 Å². The molecule has 1 atom stereocenters. The number of nitrogens with zero attached hydrogens (tertiary/aromatic N) is 2. The molecule has 1 heterocycles. The summed E-state index contributed by atoms with van der Waals surface area (Å²) in [5.74, 6) is -0.436. The number of hydrogen-bond donors (Lipinski definition) is 1. The van der Waals surface area contributed by atoms with Crippen molar-refractivity contribution in [2.24, 2.45) is 0 Å². The minimum absolute atomic E-state index is 0.190. The second kappa shape index (κ2) is 9.85.